The van der Waals surface area contributed by atoms with E-state index in [0.717, 1.165) is 33.4 Å². The lowest BCUT2D eigenvalue weighted by atomic mass is 10.1. The Kier molecular flexibility index (Phi) is 5.00. The van der Waals surface area contributed by atoms with Crippen LogP contribution in [0.3, 0.4) is 0 Å². The number of anilines is 1. The van der Waals surface area contributed by atoms with E-state index in [1.165, 1.54) is 0 Å². The molecule has 4 nitrogen and oxygen atoms in total. The molecular formula is C19H19ClN2O2. The number of pyridine rings is 1. The maximum Gasteiger partial charge on any atom is 0.0942 e. The van der Waals surface area contributed by atoms with Crippen molar-refractivity contribution in [3.63, 3.8) is 0 Å². The second-order valence-electron chi connectivity index (χ2n) is 5.75. The first-order valence-corrected chi connectivity index (χ1v) is 8.15. The number of nitrogens with zero attached hydrogens (tertiary/aromatic N) is 1. The number of aliphatic hydroxyl groups is 2. The van der Waals surface area contributed by atoms with Gasteiger partial charge in [-0.3, -0.25) is 0 Å². The zero-order chi connectivity index (χ0) is 17.1. The summed E-state index contributed by atoms with van der Waals surface area (Å²) < 4.78 is 0. The first-order chi connectivity index (χ1) is 11.6. The molecule has 0 amide bonds. The molecule has 0 fully saturated rings. The predicted octanol–water partition coefficient (Wildman–Crippen LogP) is 3.63. The lowest BCUT2D eigenvalue weighted by molar-refractivity contribution is 0.105. The molecule has 2 aromatic carbocycles. The number of aromatic nitrogens is 1. The number of benzene rings is 2. The minimum atomic E-state index is -0.811. The van der Waals surface area contributed by atoms with Gasteiger partial charge in [-0.15, -0.1) is 0 Å². The van der Waals surface area contributed by atoms with Gasteiger partial charge in [-0.25, -0.2) is 4.98 Å². The third-order valence-electron chi connectivity index (χ3n) is 3.92. The number of halogens is 1. The Hall–Kier alpha value is -2.14. The fraction of sp³-hybridized carbons (Fsp3) is 0.211. The molecule has 1 heterocycles. The van der Waals surface area contributed by atoms with E-state index < -0.39 is 6.10 Å². The molecular weight excluding hydrogens is 324 g/mol. The predicted molar refractivity (Wildman–Crippen MR) is 98.5 cm³/mol. The molecule has 3 N–H and O–H groups in total. The van der Waals surface area contributed by atoms with Crippen molar-refractivity contribution in [2.75, 3.05) is 18.5 Å². The van der Waals surface area contributed by atoms with Crippen LogP contribution in [0.15, 0.2) is 48.5 Å². The quantitative estimate of drug-likeness (QED) is 0.662. The van der Waals surface area contributed by atoms with E-state index in [1.807, 2.05) is 55.5 Å². The van der Waals surface area contributed by atoms with Gasteiger partial charge in [0, 0.05) is 28.2 Å². The summed E-state index contributed by atoms with van der Waals surface area (Å²) in [6.45, 7) is 1.94. The third kappa shape index (κ3) is 3.51. The molecule has 1 aromatic heterocycles. The molecule has 5 heteroatoms. The normalized spacial score (nSPS) is 12.3. The fourth-order valence-corrected chi connectivity index (χ4v) is 2.69. The monoisotopic (exact) mass is 342 g/mol. The number of rotatable bonds is 5. The Balaban J connectivity index is 2.07. The molecule has 3 rings (SSSR count). The van der Waals surface area contributed by atoms with Gasteiger partial charge in [0.05, 0.1) is 23.9 Å². The van der Waals surface area contributed by atoms with Crippen LogP contribution in [0, 0.1) is 6.92 Å². The van der Waals surface area contributed by atoms with E-state index in [1.54, 1.807) is 0 Å². The van der Waals surface area contributed by atoms with Crippen LogP contribution in [0.1, 0.15) is 5.56 Å². The summed E-state index contributed by atoms with van der Waals surface area (Å²) in [5.74, 6) is 0. The van der Waals surface area contributed by atoms with Crippen molar-refractivity contribution in [1.82, 2.24) is 4.98 Å². The van der Waals surface area contributed by atoms with Gasteiger partial charge in [-0.2, -0.15) is 0 Å². The number of hydrogen-bond acceptors (Lipinski definition) is 4. The first kappa shape index (κ1) is 16.7. The van der Waals surface area contributed by atoms with Crippen molar-refractivity contribution in [2.45, 2.75) is 13.0 Å². The van der Waals surface area contributed by atoms with Gasteiger partial charge < -0.3 is 15.5 Å². The zero-order valence-corrected chi connectivity index (χ0v) is 14.1. The van der Waals surface area contributed by atoms with Crippen LogP contribution >= 0.6 is 11.6 Å². The maximum absolute atomic E-state index is 9.60. The minimum absolute atomic E-state index is 0.263. The topological polar surface area (TPSA) is 65.4 Å². The molecule has 0 radical (unpaired) electrons. The maximum atomic E-state index is 9.60. The lowest BCUT2D eigenvalue weighted by Crippen LogP contribution is -2.23. The highest BCUT2D eigenvalue weighted by atomic mass is 35.5. The van der Waals surface area contributed by atoms with Crippen LogP contribution < -0.4 is 5.32 Å². The molecule has 1 atom stereocenters. The van der Waals surface area contributed by atoms with Crippen LogP contribution in [0.25, 0.3) is 22.2 Å². The van der Waals surface area contributed by atoms with Gasteiger partial charge in [0.25, 0.3) is 0 Å². The third-order valence-corrected chi connectivity index (χ3v) is 4.33. The fourth-order valence-electron chi connectivity index (χ4n) is 2.51. The Morgan fingerprint density at radius 2 is 1.96 bits per heavy atom. The standard InChI is InChI=1S/C19H19ClN2O2/c1-12-6-7-13(8-16(12)20)18-9-19(21-10-14(24)11-23)15-4-2-3-5-17(15)22-18/h2-9,14,23-24H,10-11H2,1H3,(H,21,22). The summed E-state index contributed by atoms with van der Waals surface area (Å²) in [4.78, 5) is 4.71. The van der Waals surface area contributed by atoms with Crippen molar-refractivity contribution in [3.8, 4) is 11.3 Å². The van der Waals surface area contributed by atoms with Gasteiger partial charge in [-0.1, -0.05) is 41.9 Å². The average molecular weight is 343 g/mol. The van der Waals surface area contributed by atoms with Crippen molar-refractivity contribution in [3.05, 3.63) is 59.1 Å². The molecule has 0 aliphatic carbocycles. The van der Waals surface area contributed by atoms with Gasteiger partial charge in [0.2, 0.25) is 0 Å². The number of aliphatic hydroxyl groups excluding tert-OH is 2. The van der Waals surface area contributed by atoms with Crippen LogP contribution in [-0.2, 0) is 0 Å². The molecule has 0 aliphatic heterocycles. The van der Waals surface area contributed by atoms with Crippen LogP contribution in [0.4, 0.5) is 5.69 Å². The van der Waals surface area contributed by atoms with E-state index >= 15 is 0 Å². The summed E-state index contributed by atoms with van der Waals surface area (Å²) in [6, 6.07) is 15.6. The number of aryl methyl sites for hydroxylation is 1. The molecule has 0 bridgehead atoms. The van der Waals surface area contributed by atoms with E-state index in [0.29, 0.717) is 5.02 Å². The molecule has 0 spiro atoms. The summed E-state index contributed by atoms with van der Waals surface area (Å²) >= 11 is 6.24. The molecule has 0 aliphatic rings. The molecule has 24 heavy (non-hydrogen) atoms. The molecule has 0 saturated heterocycles. The largest absolute Gasteiger partial charge is 0.394 e. The van der Waals surface area contributed by atoms with Gasteiger partial charge >= 0.3 is 0 Å². The number of para-hydroxylation sites is 1. The minimum Gasteiger partial charge on any atom is -0.394 e. The summed E-state index contributed by atoms with van der Waals surface area (Å²) in [6.07, 6.45) is -0.811. The van der Waals surface area contributed by atoms with Crippen molar-refractivity contribution >= 4 is 28.2 Å². The van der Waals surface area contributed by atoms with Gasteiger partial charge in [-0.05, 0) is 30.7 Å². The van der Waals surface area contributed by atoms with Crippen molar-refractivity contribution in [1.29, 1.82) is 0 Å². The van der Waals surface area contributed by atoms with E-state index in [4.69, 9.17) is 21.7 Å². The second-order valence-corrected chi connectivity index (χ2v) is 6.16. The highest BCUT2D eigenvalue weighted by molar-refractivity contribution is 6.31. The smallest absolute Gasteiger partial charge is 0.0942 e. The summed E-state index contributed by atoms with van der Waals surface area (Å²) in [5, 5.41) is 23.5. The van der Waals surface area contributed by atoms with Crippen molar-refractivity contribution in [2.24, 2.45) is 0 Å². The second kappa shape index (κ2) is 7.18. The average Bonchev–Trinajstić information content (AvgIpc) is 2.61. The van der Waals surface area contributed by atoms with Crippen LogP contribution in [0.2, 0.25) is 5.02 Å². The van der Waals surface area contributed by atoms with Crippen molar-refractivity contribution < 1.29 is 10.2 Å². The lowest BCUT2D eigenvalue weighted by Gasteiger charge is -2.14. The molecule has 0 saturated carbocycles. The van der Waals surface area contributed by atoms with E-state index in [9.17, 15) is 5.11 Å². The molecule has 1 unspecified atom stereocenters. The number of nitrogens with one attached hydrogen (secondary N) is 1. The Morgan fingerprint density at radius 3 is 2.71 bits per heavy atom. The first-order valence-electron chi connectivity index (χ1n) is 7.77. The molecule has 124 valence electrons. The summed E-state index contributed by atoms with van der Waals surface area (Å²) in [7, 11) is 0. The van der Waals surface area contributed by atoms with Gasteiger partial charge in [0.1, 0.15) is 0 Å². The Morgan fingerprint density at radius 1 is 1.17 bits per heavy atom. The van der Waals surface area contributed by atoms with Crippen LogP contribution in [0.5, 0.6) is 0 Å². The zero-order valence-electron chi connectivity index (χ0n) is 13.3. The van der Waals surface area contributed by atoms with Crippen LogP contribution in [-0.4, -0.2) is 34.5 Å². The van der Waals surface area contributed by atoms with E-state index in [-0.39, 0.29) is 13.2 Å². The molecule has 3 aromatic rings. The highest BCUT2D eigenvalue weighted by Gasteiger charge is 2.10. The number of fused-ring (bicyclic) bond motifs is 1. The Labute approximate surface area is 145 Å². The highest BCUT2D eigenvalue weighted by Crippen LogP contribution is 2.30. The SMILES string of the molecule is Cc1ccc(-c2cc(NCC(O)CO)c3ccccc3n2)cc1Cl. The van der Waals surface area contributed by atoms with E-state index in [2.05, 4.69) is 5.32 Å². The number of hydrogen-bond donors (Lipinski definition) is 3. The van der Waals surface area contributed by atoms with Gasteiger partial charge in [0.15, 0.2) is 0 Å². The Bertz CT molecular complexity index is 867. The summed E-state index contributed by atoms with van der Waals surface area (Å²) in [5.41, 5.74) is 4.47.